The van der Waals surface area contributed by atoms with E-state index in [0.717, 1.165) is 11.4 Å². The van der Waals surface area contributed by atoms with Gasteiger partial charge in [0.05, 0.1) is 11.4 Å². The zero-order valence-corrected chi connectivity index (χ0v) is 8.37. The van der Waals surface area contributed by atoms with Crippen LogP contribution in [0.4, 0.5) is 0 Å². The summed E-state index contributed by atoms with van der Waals surface area (Å²) in [6, 6.07) is 1.91. The lowest BCUT2D eigenvalue weighted by Gasteiger charge is -2.11. The summed E-state index contributed by atoms with van der Waals surface area (Å²) in [5.74, 6) is -0.272. The maximum Gasteiger partial charge on any atom is 0.303 e. The highest BCUT2D eigenvalue weighted by atomic mass is 16.5. The van der Waals surface area contributed by atoms with Gasteiger partial charge in [0.1, 0.15) is 6.10 Å². The predicted molar refractivity (Wildman–Crippen MR) is 48.1 cm³/mol. The van der Waals surface area contributed by atoms with E-state index in [1.807, 2.05) is 27.0 Å². The quantitative estimate of drug-likeness (QED) is 0.648. The maximum absolute atomic E-state index is 10.7. The van der Waals surface area contributed by atoms with E-state index in [4.69, 9.17) is 4.74 Å². The van der Waals surface area contributed by atoms with Crippen LogP contribution in [0.2, 0.25) is 0 Å². The van der Waals surface area contributed by atoms with Gasteiger partial charge in [-0.2, -0.15) is 5.10 Å². The minimum absolute atomic E-state index is 0.233. The first kappa shape index (κ1) is 9.77. The fraction of sp³-hybridized carbons (Fsp3) is 0.556. The highest BCUT2D eigenvalue weighted by Crippen LogP contribution is 2.16. The van der Waals surface area contributed by atoms with Crippen LogP contribution in [0.3, 0.4) is 0 Å². The van der Waals surface area contributed by atoms with Crippen molar-refractivity contribution in [1.29, 1.82) is 0 Å². The van der Waals surface area contributed by atoms with Crippen LogP contribution >= 0.6 is 0 Å². The highest BCUT2D eigenvalue weighted by Gasteiger charge is 2.13. The van der Waals surface area contributed by atoms with Crippen molar-refractivity contribution in [2.75, 3.05) is 0 Å². The normalized spacial score (nSPS) is 12.6. The van der Waals surface area contributed by atoms with Crippen molar-refractivity contribution in [2.45, 2.75) is 26.9 Å². The molecule has 0 aliphatic rings. The summed E-state index contributed by atoms with van der Waals surface area (Å²) in [6.45, 7) is 5.14. The second-order valence-electron chi connectivity index (χ2n) is 3.09. The third-order valence-corrected chi connectivity index (χ3v) is 1.80. The molecule has 0 aromatic carbocycles. The summed E-state index contributed by atoms with van der Waals surface area (Å²) in [5.41, 5.74) is 1.84. The Labute approximate surface area is 77.5 Å². The predicted octanol–water partition coefficient (Wildman–Crippen LogP) is 1.35. The van der Waals surface area contributed by atoms with Crippen LogP contribution in [-0.4, -0.2) is 15.7 Å². The van der Waals surface area contributed by atoms with Crippen molar-refractivity contribution in [3.8, 4) is 0 Å². The van der Waals surface area contributed by atoms with Crippen molar-refractivity contribution >= 4 is 5.97 Å². The molecule has 72 valence electrons. The van der Waals surface area contributed by atoms with Gasteiger partial charge in [0.2, 0.25) is 0 Å². The molecule has 0 spiro atoms. The summed E-state index contributed by atoms with van der Waals surface area (Å²) in [4.78, 5) is 10.7. The molecule has 0 saturated heterocycles. The number of carbonyl (C=O) groups is 1. The molecule has 0 amide bonds. The van der Waals surface area contributed by atoms with Crippen LogP contribution in [0.25, 0.3) is 0 Å². The van der Waals surface area contributed by atoms with Crippen LogP contribution in [0.15, 0.2) is 6.07 Å². The van der Waals surface area contributed by atoms with Gasteiger partial charge in [-0.3, -0.25) is 9.48 Å². The average molecular weight is 182 g/mol. The molecule has 0 radical (unpaired) electrons. The third-order valence-electron chi connectivity index (χ3n) is 1.80. The maximum atomic E-state index is 10.7. The van der Waals surface area contributed by atoms with Gasteiger partial charge in [-0.1, -0.05) is 0 Å². The van der Waals surface area contributed by atoms with Crippen molar-refractivity contribution in [2.24, 2.45) is 7.05 Å². The van der Waals surface area contributed by atoms with E-state index in [0.29, 0.717) is 0 Å². The Kier molecular flexibility index (Phi) is 2.70. The molecule has 1 unspecified atom stereocenters. The molecule has 0 aliphatic carbocycles. The summed E-state index contributed by atoms with van der Waals surface area (Å²) in [6.07, 6.45) is -0.233. The number of aryl methyl sites for hydroxylation is 2. The molecule has 1 atom stereocenters. The van der Waals surface area contributed by atoms with Gasteiger partial charge in [-0.15, -0.1) is 0 Å². The summed E-state index contributed by atoms with van der Waals surface area (Å²) in [7, 11) is 1.84. The molecule has 1 aromatic heterocycles. The minimum atomic E-state index is -0.272. The molecule has 1 rings (SSSR count). The summed E-state index contributed by atoms with van der Waals surface area (Å²) >= 11 is 0. The van der Waals surface area contributed by atoms with Gasteiger partial charge in [0, 0.05) is 14.0 Å². The van der Waals surface area contributed by atoms with E-state index in [2.05, 4.69) is 5.10 Å². The Hall–Kier alpha value is -1.32. The SMILES string of the molecule is CC(=O)OC(C)c1cc(C)nn1C. The van der Waals surface area contributed by atoms with Gasteiger partial charge >= 0.3 is 5.97 Å². The van der Waals surface area contributed by atoms with Crippen molar-refractivity contribution in [3.63, 3.8) is 0 Å². The molecular formula is C9H14N2O2. The van der Waals surface area contributed by atoms with E-state index < -0.39 is 0 Å². The van der Waals surface area contributed by atoms with Gasteiger partial charge < -0.3 is 4.74 Å². The number of aromatic nitrogens is 2. The third kappa shape index (κ3) is 2.31. The minimum Gasteiger partial charge on any atom is -0.456 e. The van der Waals surface area contributed by atoms with Crippen molar-refractivity contribution < 1.29 is 9.53 Å². The number of ether oxygens (including phenoxy) is 1. The van der Waals surface area contributed by atoms with E-state index >= 15 is 0 Å². The first-order chi connectivity index (χ1) is 6.00. The molecule has 0 bridgehead atoms. The molecule has 1 heterocycles. The van der Waals surface area contributed by atoms with Crippen molar-refractivity contribution in [1.82, 2.24) is 9.78 Å². The van der Waals surface area contributed by atoms with Crippen LogP contribution in [-0.2, 0) is 16.6 Å². The largest absolute Gasteiger partial charge is 0.456 e. The lowest BCUT2D eigenvalue weighted by Crippen LogP contribution is -2.09. The van der Waals surface area contributed by atoms with Crippen LogP contribution in [0.5, 0.6) is 0 Å². The first-order valence-electron chi connectivity index (χ1n) is 4.18. The van der Waals surface area contributed by atoms with Gasteiger partial charge in [0.15, 0.2) is 0 Å². The second-order valence-corrected chi connectivity index (χ2v) is 3.09. The standard InChI is InChI=1S/C9H14N2O2/c1-6-5-9(11(4)10-6)7(2)13-8(3)12/h5,7H,1-4H3. The summed E-state index contributed by atoms with van der Waals surface area (Å²) < 4.78 is 6.76. The molecule has 0 N–H and O–H groups in total. The Bertz CT molecular complexity index is 317. The number of hydrogen-bond donors (Lipinski definition) is 0. The monoisotopic (exact) mass is 182 g/mol. The Morgan fingerprint density at radius 2 is 2.31 bits per heavy atom. The number of rotatable bonds is 2. The topological polar surface area (TPSA) is 44.1 Å². The molecule has 4 heteroatoms. The van der Waals surface area contributed by atoms with Gasteiger partial charge in [-0.25, -0.2) is 0 Å². The average Bonchev–Trinajstić information content (AvgIpc) is 2.28. The van der Waals surface area contributed by atoms with Gasteiger partial charge in [-0.05, 0) is 19.9 Å². The van der Waals surface area contributed by atoms with E-state index in [1.165, 1.54) is 6.92 Å². The van der Waals surface area contributed by atoms with Crippen LogP contribution in [0.1, 0.15) is 31.3 Å². The number of hydrogen-bond acceptors (Lipinski definition) is 3. The molecule has 1 aromatic rings. The second kappa shape index (κ2) is 3.60. The fourth-order valence-corrected chi connectivity index (χ4v) is 1.32. The fourth-order valence-electron chi connectivity index (χ4n) is 1.32. The molecule has 13 heavy (non-hydrogen) atoms. The number of nitrogens with zero attached hydrogens (tertiary/aromatic N) is 2. The molecule has 4 nitrogen and oxygen atoms in total. The zero-order chi connectivity index (χ0) is 10.0. The van der Waals surface area contributed by atoms with Crippen LogP contribution < -0.4 is 0 Å². The molecular weight excluding hydrogens is 168 g/mol. The van der Waals surface area contributed by atoms with E-state index in [1.54, 1.807) is 4.68 Å². The lowest BCUT2D eigenvalue weighted by atomic mass is 10.2. The zero-order valence-electron chi connectivity index (χ0n) is 8.37. The first-order valence-corrected chi connectivity index (χ1v) is 4.18. The molecule has 0 saturated carbocycles. The van der Waals surface area contributed by atoms with E-state index in [-0.39, 0.29) is 12.1 Å². The van der Waals surface area contributed by atoms with Crippen molar-refractivity contribution in [3.05, 3.63) is 17.5 Å². The van der Waals surface area contributed by atoms with Gasteiger partial charge in [0.25, 0.3) is 0 Å². The van der Waals surface area contributed by atoms with Crippen LogP contribution in [0, 0.1) is 6.92 Å². The smallest absolute Gasteiger partial charge is 0.303 e. The summed E-state index contributed by atoms with van der Waals surface area (Å²) in [5, 5.41) is 4.16. The number of carbonyl (C=O) groups excluding carboxylic acids is 1. The Balaban J connectivity index is 2.81. The Morgan fingerprint density at radius 1 is 1.69 bits per heavy atom. The Morgan fingerprint density at radius 3 is 2.69 bits per heavy atom. The lowest BCUT2D eigenvalue weighted by molar-refractivity contribution is -0.146. The molecule has 0 fully saturated rings. The molecule has 0 aliphatic heterocycles. The number of esters is 1. The van der Waals surface area contributed by atoms with E-state index in [9.17, 15) is 4.79 Å². The highest BCUT2D eigenvalue weighted by molar-refractivity contribution is 5.66.